The number of aliphatic imine (C=N–C) groups is 1. The highest BCUT2D eigenvalue weighted by Gasteiger charge is 2.20. The zero-order valence-electron chi connectivity index (χ0n) is 13.6. The lowest BCUT2D eigenvalue weighted by Gasteiger charge is -2.17. The first-order valence-corrected chi connectivity index (χ1v) is 9.37. The van der Waals surface area contributed by atoms with Crippen molar-refractivity contribution in [2.75, 3.05) is 27.2 Å². The predicted molar refractivity (Wildman–Crippen MR) is 101 cm³/mol. The van der Waals surface area contributed by atoms with Gasteiger partial charge in [-0.3, -0.25) is 4.99 Å². The van der Waals surface area contributed by atoms with Gasteiger partial charge in [0.1, 0.15) is 17.4 Å². The van der Waals surface area contributed by atoms with E-state index in [0.717, 1.165) is 40.3 Å². The first-order chi connectivity index (χ1) is 11.6. The summed E-state index contributed by atoms with van der Waals surface area (Å²) in [5.74, 6) is 2.07. The lowest BCUT2D eigenvalue weighted by atomic mass is 10.2. The molecule has 2 aromatic carbocycles. The molecule has 1 heterocycles. The fourth-order valence-electron chi connectivity index (χ4n) is 2.66. The molecule has 1 aliphatic rings. The van der Waals surface area contributed by atoms with Crippen LogP contribution in [-0.2, 0) is 5.75 Å². The molecule has 3 rings (SSSR count). The van der Waals surface area contributed by atoms with Crippen molar-refractivity contribution in [1.29, 1.82) is 0 Å². The predicted octanol–water partition coefficient (Wildman–Crippen LogP) is 4.58. The molecule has 2 aromatic rings. The Hall–Kier alpha value is -1.53. The van der Waals surface area contributed by atoms with Crippen LogP contribution in [0.2, 0.25) is 0 Å². The first kappa shape index (κ1) is 17.3. The summed E-state index contributed by atoms with van der Waals surface area (Å²) in [6.45, 7) is 1.63. The Balaban J connectivity index is 1.90. The number of halogens is 2. The average molecular weight is 409 g/mol. The lowest BCUT2D eigenvalue weighted by Crippen LogP contribution is -2.24. The quantitative estimate of drug-likeness (QED) is 0.676. The van der Waals surface area contributed by atoms with Crippen LogP contribution in [0.5, 0.6) is 5.75 Å². The van der Waals surface area contributed by atoms with E-state index in [-0.39, 0.29) is 5.82 Å². The molecule has 0 aliphatic carbocycles. The third-order valence-corrected chi connectivity index (χ3v) is 5.53. The minimum absolute atomic E-state index is 0.213. The third kappa shape index (κ3) is 3.59. The van der Waals surface area contributed by atoms with Crippen LogP contribution in [0.15, 0.2) is 50.8 Å². The van der Waals surface area contributed by atoms with E-state index in [4.69, 9.17) is 4.74 Å². The van der Waals surface area contributed by atoms with Gasteiger partial charge in [-0.2, -0.15) is 0 Å². The molecule has 24 heavy (non-hydrogen) atoms. The third-order valence-electron chi connectivity index (χ3n) is 3.88. The molecular weight excluding hydrogens is 391 g/mol. The van der Waals surface area contributed by atoms with Crippen LogP contribution in [0.25, 0.3) is 0 Å². The zero-order valence-corrected chi connectivity index (χ0v) is 16.0. The molecule has 0 bridgehead atoms. The normalized spacial score (nSPS) is 14.0. The number of rotatable bonds is 5. The summed E-state index contributed by atoms with van der Waals surface area (Å²) in [4.78, 5) is 7.22. The van der Waals surface area contributed by atoms with Gasteiger partial charge >= 0.3 is 0 Å². The highest BCUT2D eigenvalue weighted by atomic mass is 79.9. The van der Waals surface area contributed by atoms with Crippen LogP contribution < -0.4 is 4.74 Å². The summed E-state index contributed by atoms with van der Waals surface area (Å²) in [6.07, 6.45) is 0. The maximum atomic E-state index is 14.5. The minimum atomic E-state index is -0.213. The number of likely N-dealkylation sites (N-methyl/N-ethyl adjacent to an activating group) is 1. The molecule has 0 aromatic heterocycles. The number of amidine groups is 1. The number of ether oxygens (including phenoxy) is 1. The zero-order chi connectivity index (χ0) is 17.1. The molecule has 0 fully saturated rings. The van der Waals surface area contributed by atoms with E-state index >= 15 is 0 Å². The molecule has 0 radical (unpaired) electrons. The van der Waals surface area contributed by atoms with E-state index in [1.54, 1.807) is 13.2 Å². The molecule has 0 saturated heterocycles. The van der Waals surface area contributed by atoms with Gasteiger partial charge in [0.25, 0.3) is 0 Å². The summed E-state index contributed by atoms with van der Waals surface area (Å²) in [5, 5.41) is 0. The molecule has 126 valence electrons. The van der Waals surface area contributed by atoms with Gasteiger partial charge in [-0.05, 0) is 30.3 Å². The number of thioether (sulfide) groups is 1. The Bertz CT molecular complexity index is 782. The molecule has 0 atom stereocenters. The Kier molecular flexibility index (Phi) is 5.46. The maximum absolute atomic E-state index is 14.5. The smallest absolute Gasteiger partial charge is 0.137 e. The Morgan fingerprint density at radius 2 is 2.17 bits per heavy atom. The Morgan fingerprint density at radius 3 is 2.88 bits per heavy atom. The van der Waals surface area contributed by atoms with Gasteiger partial charge in [0, 0.05) is 34.9 Å². The average Bonchev–Trinajstić information content (AvgIpc) is 2.99. The molecule has 3 nitrogen and oxygen atoms in total. The van der Waals surface area contributed by atoms with Gasteiger partial charge in [0.15, 0.2) is 0 Å². The van der Waals surface area contributed by atoms with Gasteiger partial charge in [0.2, 0.25) is 0 Å². The summed E-state index contributed by atoms with van der Waals surface area (Å²) in [7, 11) is 3.64. The van der Waals surface area contributed by atoms with Crippen LogP contribution in [0, 0.1) is 5.82 Å². The second-order valence-electron chi connectivity index (χ2n) is 5.49. The maximum Gasteiger partial charge on any atom is 0.137 e. The number of hydrogen-bond acceptors (Lipinski definition) is 4. The molecule has 1 aliphatic heterocycles. The number of nitrogens with zero attached hydrogens (tertiary/aromatic N) is 2. The summed E-state index contributed by atoms with van der Waals surface area (Å²) >= 11 is 4.95. The molecule has 0 saturated carbocycles. The summed E-state index contributed by atoms with van der Waals surface area (Å²) in [5.41, 5.74) is 1.88. The van der Waals surface area contributed by atoms with Crippen molar-refractivity contribution in [1.82, 2.24) is 4.90 Å². The largest absolute Gasteiger partial charge is 0.496 e. The van der Waals surface area contributed by atoms with Crippen molar-refractivity contribution in [2.24, 2.45) is 4.99 Å². The molecule has 0 N–H and O–H groups in total. The van der Waals surface area contributed by atoms with E-state index in [1.807, 2.05) is 31.3 Å². The highest BCUT2D eigenvalue weighted by molar-refractivity contribution is 9.10. The van der Waals surface area contributed by atoms with Gasteiger partial charge in [0.05, 0.1) is 18.6 Å². The van der Waals surface area contributed by atoms with Gasteiger partial charge in [-0.25, -0.2) is 4.39 Å². The van der Waals surface area contributed by atoms with Gasteiger partial charge in [-0.15, -0.1) is 11.8 Å². The number of methoxy groups -OCH3 is 1. The molecule has 0 amide bonds. The molecular formula is C18H18BrFN2OS. The van der Waals surface area contributed by atoms with Gasteiger partial charge in [-0.1, -0.05) is 22.0 Å². The van der Waals surface area contributed by atoms with E-state index in [1.165, 1.54) is 17.8 Å². The van der Waals surface area contributed by atoms with Crippen LogP contribution in [0.4, 0.5) is 4.39 Å². The van der Waals surface area contributed by atoms with Crippen molar-refractivity contribution < 1.29 is 9.13 Å². The van der Waals surface area contributed by atoms with Crippen molar-refractivity contribution in [3.8, 4) is 5.75 Å². The molecule has 0 unspecified atom stereocenters. The van der Waals surface area contributed by atoms with Gasteiger partial charge < -0.3 is 9.64 Å². The second-order valence-corrected chi connectivity index (χ2v) is 7.39. The molecule has 6 heteroatoms. The van der Waals surface area contributed by atoms with E-state index in [9.17, 15) is 4.39 Å². The van der Waals surface area contributed by atoms with Crippen molar-refractivity contribution in [2.45, 2.75) is 10.6 Å². The van der Waals surface area contributed by atoms with E-state index in [2.05, 4.69) is 25.8 Å². The van der Waals surface area contributed by atoms with E-state index in [0.29, 0.717) is 10.6 Å². The highest BCUT2D eigenvalue weighted by Crippen LogP contribution is 2.34. The van der Waals surface area contributed by atoms with Crippen LogP contribution >= 0.6 is 27.7 Å². The number of hydrogen-bond donors (Lipinski definition) is 0. The van der Waals surface area contributed by atoms with Crippen molar-refractivity contribution in [3.63, 3.8) is 0 Å². The first-order valence-electron chi connectivity index (χ1n) is 7.60. The summed E-state index contributed by atoms with van der Waals surface area (Å²) < 4.78 is 20.8. The fraction of sp³-hybridized carbons (Fsp3) is 0.278. The standard InChI is InChI=1S/C18H18BrFN2OS/c1-22-9-8-21-18(22)14-4-3-5-15(20)17(14)24-11-12-10-13(19)6-7-16(12)23-2/h3-7,10H,8-9,11H2,1-2H3. The lowest BCUT2D eigenvalue weighted by molar-refractivity contribution is 0.411. The molecule has 0 spiro atoms. The van der Waals surface area contributed by atoms with E-state index < -0.39 is 0 Å². The van der Waals surface area contributed by atoms with Crippen molar-refractivity contribution in [3.05, 3.63) is 57.8 Å². The van der Waals surface area contributed by atoms with Crippen LogP contribution in [-0.4, -0.2) is 38.0 Å². The van der Waals surface area contributed by atoms with Crippen LogP contribution in [0.3, 0.4) is 0 Å². The fourth-order valence-corrected chi connectivity index (χ4v) is 4.12. The summed E-state index contributed by atoms with van der Waals surface area (Å²) in [6, 6.07) is 11.0. The van der Waals surface area contributed by atoms with Crippen LogP contribution in [0.1, 0.15) is 11.1 Å². The SMILES string of the molecule is COc1ccc(Br)cc1CSc1c(F)cccc1C1=NCCN1C. The topological polar surface area (TPSA) is 24.8 Å². The Labute approximate surface area is 154 Å². The Morgan fingerprint density at radius 1 is 1.33 bits per heavy atom. The monoisotopic (exact) mass is 408 g/mol. The number of benzene rings is 2. The second kappa shape index (κ2) is 7.57. The van der Waals surface area contributed by atoms with Crippen molar-refractivity contribution >= 4 is 33.5 Å². The minimum Gasteiger partial charge on any atom is -0.496 e.